The van der Waals surface area contributed by atoms with Gasteiger partial charge in [0.05, 0.1) is 14.2 Å². The van der Waals surface area contributed by atoms with Gasteiger partial charge in [-0.2, -0.15) is 0 Å². The highest BCUT2D eigenvalue weighted by molar-refractivity contribution is 5.95. The standard InChI is InChI=1S/C20H18O2/c1-12-18-11-16(22-3)5-4-13(18)9-20-17-7-6-15(21-2)8-14(17)10-19(12)20/h4-9,11H,10H2,1-3H3. The second-order valence-electron chi connectivity index (χ2n) is 5.81. The van der Waals surface area contributed by atoms with Gasteiger partial charge < -0.3 is 9.47 Å². The Hall–Kier alpha value is -2.48. The summed E-state index contributed by atoms with van der Waals surface area (Å²) >= 11 is 0. The summed E-state index contributed by atoms with van der Waals surface area (Å²) in [7, 11) is 3.43. The van der Waals surface area contributed by atoms with Crippen LogP contribution in [-0.2, 0) is 6.42 Å². The Balaban J connectivity index is 1.96. The van der Waals surface area contributed by atoms with Crippen LogP contribution in [-0.4, -0.2) is 14.2 Å². The minimum Gasteiger partial charge on any atom is -0.497 e. The maximum atomic E-state index is 5.37. The molecule has 2 heteroatoms. The van der Waals surface area contributed by atoms with Crippen molar-refractivity contribution in [1.29, 1.82) is 0 Å². The zero-order chi connectivity index (χ0) is 15.3. The van der Waals surface area contributed by atoms with E-state index >= 15 is 0 Å². The van der Waals surface area contributed by atoms with Crippen molar-refractivity contribution in [3.05, 3.63) is 59.2 Å². The fourth-order valence-electron chi connectivity index (χ4n) is 3.48. The molecule has 4 rings (SSSR count). The summed E-state index contributed by atoms with van der Waals surface area (Å²) < 4.78 is 10.7. The molecule has 1 aliphatic carbocycles. The average Bonchev–Trinajstić information content (AvgIpc) is 2.92. The van der Waals surface area contributed by atoms with Crippen LogP contribution in [0.15, 0.2) is 42.5 Å². The van der Waals surface area contributed by atoms with Crippen LogP contribution in [0, 0.1) is 6.92 Å². The van der Waals surface area contributed by atoms with Crippen molar-refractivity contribution < 1.29 is 9.47 Å². The van der Waals surface area contributed by atoms with E-state index in [1.165, 1.54) is 38.6 Å². The molecule has 0 saturated carbocycles. The Labute approximate surface area is 130 Å². The summed E-state index contributed by atoms with van der Waals surface area (Å²) in [4.78, 5) is 0. The molecule has 0 spiro atoms. The molecule has 0 N–H and O–H groups in total. The van der Waals surface area contributed by atoms with Gasteiger partial charge in [-0.3, -0.25) is 0 Å². The summed E-state index contributed by atoms with van der Waals surface area (Å²) in [5, 5.41) is 2.54. The summed E-state index contributed by atoms with van der Waals surface area (Å²) in [5.74, 6) is 1.84. The van der Waals surface area contributed by atoms with Crippen LogP contribution < -0.4 is 9.47 Å². The first-order chi connectivity index (χ1) is 10.7. The Bertz CT molecular complexity index is 894. The lowest BCUT2D eigenvalue weighted by Crippen LogP contribution is -1.90. The van der Waals surface area contributed by atoms with Crippen molar-refractivity contribution >= 4 is 10.8 Å². The Morgan fingerprint density at radius 1 is 0.818 bits per heavy atom. The monoisotopic (exact) mass is 290 g/mol. The van der Waals surface area contributed by atoms with E-state index in [-0.39, 0.29) is 0 Å². The molecule has 3 aromatic carbocycles. The summed E-state index contributed by atoms with van der Waals surface area (Å²) in [6.45, 7) is 2.21. The van der Waals surface area contributed by atoms with Crippen LogP contribution in [0.5, 0.6) is 11.5 Å². The van der Waals surface area contributed by atoms with Crippen LogP contribution in [0.4, 0.5) is 0 Å². The minimum atomic E-state index is 0.910. The molecule has 3 aromatic rings. The van der Waals surface area contributed by atoms with Crippen LogP contribution in [0.2, 0.25) is 0 Å². The molecule has 0 radical (unpaired) electrons. The van der Waals surface area contributed by atoms with Crippen molar-refractivity contribution in [1.82, 2.24) is 0 Å². The van der Waals surface area contributed by atoms with E-state index < -0.39 is 0 Å². The van der Waals surface area contributed by atoms with E-state index in [0.717, 1.165) is 17.9 Å². The third kappa shape index (κ3) is 1.80. The number of benzene rings is 3. The maximum Gasteiger partial charge on any atom is 0.119 e. The molecule has 0 atom stereocenters. The number of rotatable bonds is 2. The van der Waals surface area contributed by atoms with Gasteiger partial charge in [0.15, 0.2) is 0 Å². The lowest BCUT2D eigenvalue weighted by molar-refractivity contribution is 0.414. The number of ether oxygens (including phenoxy) is 2. The molecule has 0 saturated heterocycles. The largest absolute Gasteiger partial charge is 0.497 e. The lowest BCUT2D eigenvalue weighted by atomic mass is 9.95. The number of hydrogen-bond acceptors (Lipinski definition) is 2. The van der Waals surface area contributed by atoms with Crippen LogP contribution in [0.1, 0.15) is 16.7 Å². The number of aryl methyl sites for hydroxylation is 1. The molecule has 0 fully saturated rings. The van der Waals surface area contributed by atoms with E-state index in [9.17, 15) is 0 Å². The van der Waals surface area contributed by atoms with Gasteiger partial charge in [-0.1, -0.05) is 12.1 Å². The van der Waals surface area contributed by atoms with Gasteiger partial charge in [-0.15, -0.1) is 0 Å². The Kier molecular flexibility index (Phi) is 2.86. The zero-order valence-corrected chi connectivity index (χ0v) is 13.1. The summed E-state index contributed by atoms with van der Waals surface area (Å²) in [5.41, 5.74) is 6.80. The normalized spacial score (nSPS) is 12.1. The number of fused-ring (bicyclic) bond motifs is 4. The Morgan fingerprint density at radius 3 is 2.32 bits per heavy atom. The topological polar surface area (TPSA) is 18.5 Å². The van der Waals surface area contributed by atoms with Crippen molar-refractivity contribution in [2.45, 2.75) is 13.3 Å². The van der Waals surface area contributed by atoms with Gasteiger partial charge in [0.2, 0.25) is 0 Å². The van der Waals surface area contributed by atoms with E-state index in [0.29, 0.717) is 0 Å². The van der Waals surface area contributed by atoms with Crippen LogP contribution >= 0.6 is 0 Å². The van der Waals surface area contributed by atoms with Crippen molar-refractivity contribution in [2.24, 2.45) is 0 Å². The minimum absolute atomic E-state index is 0.910. The molecule has 2 nitrogen and oxygen atoms in total. The second-order valence-corrected chi connectivity index (χ2v) is 5.81. The lowest BCUT2D eigenvalue weighted by Gasteiger charge is -2.11. The molecular formula is C20H18O2. The number of hydrogen-bond donors (Lipinski definition) is 0. The van der Waals surface area contributed by atoms with Crippen LogP contribution in [0.25, 0.3) is 21.9 Å². The first-order valence-electron chi connectivity index (χ1n) is 7.49. The van der Waals surface area contributed by atoms with Crippen molar-refractivity contribution in [2.75, 3.05) is 14.2 Å². The molecule has 0 bridgehead atoms. The zero-order valence-electron chi connectivity index (χ0n) is 13.1. The van der Waals surface area contributed by atoms with Gasteiger partial charge in [0, 0.05) is 0 Å². The quantitative estimate of drug-likeness (QED) is 0.531. The molecule has 0 heterocycles. The molecule has 0 aliphatic heterocycles. The molecule has 110 valence electrons. The maximum absolute atomic E-state index is 5.37. The average molecular weight is 290 g/mol. The van der Waals surface area contributed by atoms with E-state index in [2.05, 4.69) is 37.3 Å². The van der Waals surface area contributed by atoms with Gasteiger partial charge >= 0.3 is 0 Å². The predicted molar refractivity (Wildman–Crippen MR) is 90.0 cm³/mol. The highest BCUT2D eigenvalue weighted by Crippen LogP contribution is 2.43. The third-order valence-electron chi connectivity index (χ3n) is 4.71. The first-order valence-corrected chi connectivity index (χ1v) is 7.49. The summed E-state index contributed by atoms with van der Waals surface area (Å²) in [6, 6.07) is 15.0. The fourth-order valence-corrected chi connectivity index (χ4v) is 3.48. The van der Waals surface area contributed by atoms with Crippen molar-refractivity contribution in [3.63, 3.8) is 0 Å². The second kappa shape index (κ2) is 4.77. The molecular weight excluding hydrogens is 272 g/mol. The van der Waals surface area contributed by atoms with E-state index in [4.69, 9.17) is 9.47 Å². The molecule has 0 unspecified atom stereocenters. The first kappa shape index (κ1) is 13.2. The van der Waals surface area contributed by atoms with Gasteiger partial charge in [0.1, 0.15) is 11.5 Å². The van der Waals surface area contributed by atoms with Crippen LogP contribution in [0.3, 0.4) is 0 Å². The summed E-state index contributed by atoms with van der Waals surface area (Å²) in [6.07, 6.45) is 0.973. The Morgan fingerprint density at radius 2 is 1.55 bits per heavy atom. The highest BCUT2D eigenvalue weighted by Gasteiger charge is 2.22. The molecule has 1 aliphatic rings. The smallest absolute Gasteiger partial charge is 0.119 e. The third-order valence-corrected chi connectivity index (χ3v) is 4.71. The van der Waals surface area contributed by atoms with Gasteiger partial charge in [-0.05, 0) is 82.3 Å². The number of methoxy groups -OCH3 is 2. The van der Waals surface area contributed by atoms with Gasteiger partial charge in [0.25, 0.3) is 0 Å². The molecule has 0 aromatic heterocycles. The molecule has 0 amide bonds. The highest BCUT2D eigenvalue weighted by atomic mass is 16.5. The van der Waals surface area contributed by atoms with Crippen molar-refractivity contribution in [3.8, 4) is 22.6 Å². The predicted octanol–water partition coefficient (Wildman–Crippen LogP) is 4.74. The fraction of sp³-hybridized carbons (Fsp3) is 0.200. The SMILES string of the molecule is COc1ccc2c(c1)Cc1c-2cc2ccc(OC)cc2c1C. The molecule has 22 heavy (non-hydrogen) atoms. The van der Waals surface area contributed by atoms with E-state index in [1.54, 1.807) is 14.2 Å². The van der Waals surface area contributed by atoms with E-state index in [1.807, 2.05) is 12.1 Å². The van der Waals surface area contributed by atoms with Gasteiger partial charge in [-0.25, -0.2) is 0 Å².